The topological polar surface area (TPSA) is 90.2 Å². The van der Waals surface area contributed by atoms with Crippen LogP contribution in [0.2, 0.25) is 0 Å². The molecule has 1 heterocycles. The van der Waals surface area contributed by atoms with E-state index >= 15 is 0 Å². The number of ether oxygens (including phenoxy) is 1. The van der Waals surface area contributed by atoms with Crippen LogP contribution in [0.4, 0.5) is 0 Å². The largest absolute Gasteiger partial charge is 0.391 e. The van der Waals surface area contributed by atoms with E-state index in [1.54, 1.807) is 0 Å². The SMILES string of the molecule is CC(O)[C@H]1OCC(O)(O)[C@@H]1O. The molecule has 0 aromatic carbocycles. The van der Waals surface area contributed by atoms with Crippen molar-refractivity contribution in [1.29, 1.82) is 0 Å². The maximum Gasteiger partial charge on any atom is 0.216 e. The molecule has 0 aromatic heterocycles. The number of aliphatic hydroxyl groups excluding tert-OH is 2. The van der Waals surface area contributed by atoms with Gasteiger partial charge in [0, 0.05) is 0 Å². The minimum Gasteiger partial charge on any atom is -0.391 e. The standard InChI is InChI=1S/C6H12O5/c1-3(7)4-5(8)6(9,10)2-11-4/h3-5,7-10H,2H2,1H3/t3?,4-,5-/m1/s1. The average Bonchev–Trinajstić information content (AvgIpc) is 2.09. The van der Waals surface area contributed by atoms with Crippen LogP contribution in [0.1, 0.15) is 6.92 Å². The zero-order valence-corrected chi connectivity index (χ0v) is 6.14. The highest BCUT2D eigenvalue weighted by Crippen LogP contribution is 2.24. The molecule has 1 unspecified atom stereocenters. The predicted molar refractivity (Wildman–Crippen MR) is 34.6 cm³/mol. The first-order valence-corrected chi connectivity index (χ1v) is 3.37. The van der Waals surface area contributed by atoms with E-state index < -0.39 is 24.1 Å². The van der Waals surface area contributed by atoms with E-state index in [1.807, 2.05) is 0 Å². The summed E-state index contributed by atoms with van der Waals surface area (Å²) in [6, 6.07) is 0. The van der Waals surface area contributed by atoms with Crippen LogP contribution in [0.15, 0.2) is 0 Å². The molecule has 1 aliphatic rings. The van der Waals surface area contributed by atoms with Crippen molar-refractivity contribution in [1.82, 2.24) is 0 Å². The fraction of sp³-hybridized carbons (Fsp3) is 1.00. The average molecular weight is 164 g/mol. The fourth-order valence-corrected chi connectivity index (χ4v) is 1.06. The van der Waals surface area contributed by atoms with Gasteiger partial charge in [-0.1, -0.05) is 0 Å². The van der Waals surface area contributed by atoms with E-state index in [4.69, 9.17) is 25.2 Å². The first-order valence-electron chi connectivity index (χ1n) is 3.37. The first-order chi connectivity index (χ1) is 4.95. The van der Waals surface area contributed by atoms with Crippen LogP contribution in [0.25, 0.3) is 0 Å². The third-order valence-corrected chi connectivity index (χ3v) is 1.75. The van der Waals surface area contributed by atoms with E-state index in [2.05, 4.69) is 0 Å². The molecule has 4 N–H and O–H groups in total. The Hall–Kier alpha value is -0.200. The van der Waals surface area contributed by atoms with E-state index in [0.717, 1.165) is 0 Å². The van der Waals surface area contributed by atoms with Gasteiger partial charge < -0.3 is 25.2 Å². The molecule has 0 amide bonds. The lowest BCUT2D eigenvalue weighted by molar-refractivity contribution is -0.206. The van der Waals surface area contributed by atoms with Crippen LogP contribution >= 0.6 is 0 Å². The van der Waals surface area contributed by atoms with E-state index in [1.165, 1.54) is 6.92 Å². The number of rotatable bonds is 1. The molecule has 1 saturated heterocycles. The summed E-state index contributed by atoms with van der Waals surface area (Å²) in [5.41, 5.74) is 0. The maximum atomic E-state index is 9.10. The number of aliphatic hydroxyl groups is 4. The summed E-state index contributed by atoms with van der Waals surface area (Å²) in [5, 5.41) is 36.0. The summed E-state index contributed by atoms with van der Waals surface area (Å²) in [6.45, 7) is 1.04. The van der Waals surface area contributed by atoms with Gasteiger partial charge >= 0.3 is 0 Å². The van der Waals surface area contributed by atoms with E-state index in [-0.39, 0.29) is 6.61 Å². The van der Waals surface area contributed by atoms with Crippen molar-refractivity contribution >= 4 is 0 Å². The molecule has 66 valence electrons. The van der Waals surface area contributed by atoms with Crippen molar-refractivity contribution in [2.75, 3.05) is 6.61 Å². The van der Waals surface area contributed by atoms with Crippen molar-refractivity contribution < 1.29 is 25.2 Å². The molecular weight excluding hydrogens is 152 g/mol. The summed E-state index contributed by atoms with van der Waals surface area (Å²) in [5.74, 6) is -2.22. The molecule has 0 aliphatic carbocycles. The lowest BCUT2D eigenvalue weighted by Crippen LogP contribution is -2.46. The van der Waals surface area contributed by atoms with Crippen LogP contribution in [-0.4, -0.2) is 51.1 Å². The van der Waals surface area contributed by atoms with Gasteiger partial charge in [0.1, 0.15) is 18.8 Å². The van der Waals surface area contributed by atoms with Crippen LogP contribution in [0.3, 0.4) is 0 Å². The molecular formula is C6H12O5. The molecule has 5 heteroatoms. The predicted octanol–water partition coefficient (Wildman–Crippen LogP) is -2.19. The van der Waals surface area contributed by atoms with Gasteiger partial charge in [0.15, 0.2) is 0 Å². The van der Waals surface area contributed by atoms with Gasteiger partial charge in [0.25, 0.3) is 0 Å². The summed E-state index contributed by atoms with van der Waals surface area (Å²) in [4.78, 5) is 0. The molecule has 0 saturated carbocycles. The smallest absolute Gasteiger partial charge is 0.216 e. The van der Waals surface area contributed by atoms with Gasteiger partial charge in [0.2, 0.25) is 5.79 Å². The second kappa shape index (κ2) is 2.69. The Morgan fingerprint density at radius 1 is 1.55 bits per heavy atom. The lowest BCUT2D eigenvalue weighted by Gasteiger charge is -2.21. The molecule has 11 heavy (non-hydrogen) atoms. The zero-order valence-electron chi connectivity index (χ0n) is 6.14. The third kappa shape index (κ3) is 1.52. The van der Waals surface area contributed by atoms with Crippen LogP contribution < -0.4 is 0 Å². The van der Waals surface area contributed by atoms with E-state index in [0.29, 0.717) is 0 Å². The normalized spacial score (nSPS) is 39.0. The number of hydrogen-bond acceptors (Lipinski definition) is 5. The van der Waals surface area contributed by atoms with Gasteiger partial charge in [-0.15, -0.1) is 0 Å². The molecule has 1 aliphatic heterocycles. The van der Waals surface area contributed by atoms with Crippen molar-refractivity contribution in [3.05, 3.63) is 0 Å². The molecule has 5 nitrogen and oxygen atoms in total. The monoisotopic (exact) mass is 164 g/mol. The summed E-state index contributed by atoms with van der Waals surface area (Å²) in [6.07, 6.45) is -3.27. The molecule has 3 atom stereocenters. The van der Waals surface area contributed by atoms with Crippen molar-refractivity contribution in [3.8, 4) is 0 Å². The van der Waals surface area contributed by atoms with Crippen molar-refractivity contribution in [2.45, 2.75) is 31.0 Å². The van der Waals surface area contributed by atoms with Gasteiger partial charge in [-0.25, -0.2) is 0 Å². The summed E-state index contributed by atoms with van der Waals surface area (Å²) >= 11 is 0. The highest BCUT2D eigenvalue weighted by atomic mass is 16.6. The first kappa shape index (κ1) is 8.89. The van der Waals surface area contributed by atoms with Gasteiger partial charge in [0.05, 0.1) is 6.10 Å². The Morgan fingerprint density at radius 2 is 2.09 bits per heavy atom. The van der Waals surface area contributed by atoms with Gasteiger partial charge in [-0.2, -0.15) is 0 Å². The second-order valence-electron chi connectivity index (χ2n) is 2.84. The Kier molecular flexibility index (Phi) is 2.17. The molecule has 0 aromatic rings. The van der Waals surface area contributed by atoms with Gasteiger partial charge in [-0.05, 0) is 6.92 Å². The molecule has 1 fully saturated rings. The molecule has 0 bridgehead atoms. The Morgan fingerprint density at radius 3 is 2.27 bits per heavy atom. The highest BCUT2D eigenvalue weighted by Gasteiger charge is 2.48. The highest BCUT2D eigenvalue weighted by molar-refractivity contribution is 4.91. The fourth-order valence-electron chi connectivity index (χ4n) is 1.06. The molecule has 1 rings (SSSR count). The van der Waals surface area contributed by atoms with Crippen molar-refractivity contribution in [3.63, 3.8) is 0 Å². The summed E-state index contributed by atoms with van der Waals surface area (Å²) in [7, 11) is 0. The van der Waals surface area contributed by atoms with Gasteiger partial charge in [-0.3, -0.25) is 0 Å². The van der Waals surface area contributed by atoms with Crippen molar-refractivity contribution in [2.24, 2.45) is 0 Å². The molecule has 0 radical (unpaired) electrons. The minimum absolute atomic E-state index is 0.371. The quantitative estimate of drug-likeness (QED) is 0.330. The Labute approximate surface area is 63.8 Å². The Bertz CT molecular complexity index is 144. The Balaban J connectivity index is 2.63. The number of hydrogen-bond donors (Lipinski definition) is 4. The summed E-state index contributed by atoms with van der Waals surface area (Å²) < 4.78 is 4.74. The van der Waals surface area contributed by atoms with E-state index in [9.17, 15) is 0 Å². The maximum absolute atomic E-state index is 9.10. The second-order valence-corrected chi connectivity index (χ2v) is 2.84. The van der Waals surface area contributed by atoms with Crippen LogP contribution in [-0.2, 0) is 4.74 Å². The zero-order chi connectivity index (χ0) is 8.65. The van der Waals surface area contributed by atoms with Crippen LogP contribution in [0.5, 0.6) is 0 Å². The van der Waals surface area contributed by atoms with Crippen LogP contribution in [0, 0.1) is 0 Å². The third-order valence-electron chi connectivity index (χ3n) is 1.75. The molecule has 0 spiro atoms. The lowest BCUT2D eigenvalue weighted by atomic mass is 10.1. The minimum atomic E-state index is -2.22.